The summed E-state index contributed by atoms with van der Waals surface area (Å²) in [7, 11) is 2.09. The third kappa shape index (κ3) is 2.05. The van der Waals surface area contributed by atoms with Gasteiger partial charge in [-0.3, -0.25) is 4.98 Å². The summed E-state index contributed by atoms with van der Waals surface area (Å²) in [5.41, 5.74) is 2.17. The number of nitrogens with zero attached hydrogens (tertiary/aromatic N) is 3. The summed E-state index contributed by atoms with van der Waals surface area (Å²) in [5.74, 6) is 1.16. The molecule has 1 unspecified atom stereocenters. The number of rotatable bonds is 2. The highest BCUT2D eigenvalue weighted by Crippen LogP contribution is 2.17. The van der Waals surface area contributed by atoms with Crippen LogP contribution in [0.15, 0.2) is 18.5 Å². The Balaban J connectivity index is 1.87. The second-order valence-electron chi connectivity index (χ2n) is 4.80. The third-order valence-electron chi connectivity index (χ3n) is 3.62. The minimum Gasteiger partial charge on any atom is -0.331 e. The maximum Gasteiger partial charge on any atom is 0.111 e. The summed E-state index contributed by atoms with van der Waals surface area (Å²) in [5, 5.41) is 3.57. The van der Waals surface area contributed by atoms with E-state index in [0.717, 1.165) is 24.3 Å². The fourth-order valence-electron chi connectivity index (χ4n) is 2.60. The highest BCUT2D eigenvalue weighted by molar-refractivity contribution is 5.74. The Kier molecular flexibility index (Phi) is 2.81. The molecule has 4 nitrogen and oxygen atoms in total. The van der Waals surface area contributed by atoms with E-state index in [4.69, 9.17) is 0 Å². The van der Waals surface area contributed by atoms with E-state index in [0.29, 0.717) is 6.04 Å². The van der Waals surface area contributed by atoms with Crippen molar-refractivity contribution in [2.24, 2.45) is 7.05 Å². The lowest BCUT2D eigenvalue weighted by molar-refractivity contribution is 0.392. The molecule has 2 aromatic heterocycles. The van der Waals surface area contributed by atoms with E-state index in [1.165, 1.54) is 24.8 Å². The number of aromatic nitrogens is 3. The molecular formula is C13H18N4. The van der Waals surface area contributed by atoms with Crippen LogP contribution in [0.2, 0.25) is 0 Å². The van der Waals surface area contributed by atoms with Crippen LogP contribution < -0.4 is 5.32 Å². The van der Waals surface area contributed by atoms with Gasteiger partial charge in [0.25, 0.3) is 0 Å². The molecule has 1 saturated heterocycles. The number of hydrogen-bond donors (Lipinski definition) is 1. The van der Waals surface area contributed by atoms with Gasteiger partial charge in [0, 0.05) is 25.7 Å². The van der Waals surface area contributed by atoms with E-state index in [1.54, 1.807) is 0 Å². The van der Waals surface area contributed by atoms with Crippen molar-refractivity contribution < 1.29 is 0 Å². The first-order valence-corrected chi connectivity index (χ1v) is 6.33. The molecule has 0 radical (unpaired) electrons. The molecule has 1 aliphatic rings. The molecule has 3 rings (SSSR count). The molecule has 0 bridgehead atoms. The molecule has 1 fully saturated rings. The standard InChI is InChI=1S/C13H18N4/c1-17-12-5-7-14-9-11(12)16-13(17)8-10-4-2-3-6-15-10/h5,7,9-10,15H,2-4,6,8H2,1H3. The summed E-state index contributed by atoms with van der Waals surface area (Å²) >= 11 is 0. The molecular weight excluding hydrogens is 212 g/mol. The van der Waals surface area contributed by atoms with Gasteiger partial charge < -0.3 is 9.88 Å². The number of pyridine rings is 1. The number of fused-ring (bicyclic) bond motifs is 1. The molecule has 0 aliphatic carbocycles. The SMILES string of the molecule is Cn1c(CC2CCCCN2)nc2cnccc21. The van der Waals surface area contributed by atoms with Crippen LogP contribution in [-0.2, 0) is 13.5 Å². The molecule has 3 heterocycles. The van der Waals surface area contributed by atoms with Crippen LogP contribution in [0.4, 0.5) is 0 Å². The Morgan fingerprint density at radius 3 is 3.18 bits per heavy atom. The largest absolute Gasteiger partial charge is 0.331 e. The van der Waals surface area contributed by atoms with Gasteiger partial charge in [-0.2, -0.15) is 0 Å². The molecule has 4 heteroatoms. The monoisotopic (exact) mass is 230 g/mol. The number of imidazole rings is 1. The molecule has 0 saturated carbocycles. The summed E-state index contributed by atoms with van der Waals surface area (Å²) in [6.45, 7) is 1.15. The summed E-state index contributed by atoms with van der Waals surface area (Å²) < 4.78 is 2.19. The first kappa shape index (κ1) is 10.7. The number of nitrogens with one attached hydrogen (secondary N) is 1. The van der Waals surface area contributed by atoms with Crippen molar-refractivity contribution in [2.75, 3.05) is 6.54 Å². The molecule has 1 N–H and O–H groups in total. The quantitative estimate of drug-likeness (QED) is 0.853. The van der Waals surface area contributed by atoms with Crippen LogP contribution in [0, 0.1) is 0 Å². The van der Waals surface area contributed by atoms with Crippen LogP contribution in [0.5, 0.6) is 0 Å². The van der Waals surface area contributed by atoms with E-state index in [2.05, 4.69) is 26.9 Å². The normalized spacial score (nSPS) is 20.9. The van der Waals surface area contributed by atoms with Gasteiger partial charge in [-0.05, 0) is 25.5 Å². The summed E-state index contributed by atoms with van der Waals surface area (Å²) in [4.78, 5) is 8.79. The number of piperidine rings is 1. The van der Waals surface area contributed by atoms with Gasteiger partial charge in [-0.25, -0.2) is 4.98 Å². The van der Waals surface area contributed by atoms with Crippen LogP contribution >= 0.6 is 0 Å². The van der Waals surface area contributed by atoms with E-state index in [9.17, 15) is 0 Å². The van der Waals surface area contributed by atoms with Gasteiger partial charge in [0.1, 0.15) is 11.3 Å². The van der Waals surface area contributed by atoms with Gasteiger partial charge in [0.15, 0.2) is 0 Å². The summed E-state index contributed by atoms with van der Waals surface area (Å²) in [6.07, 6.45) is 8.60. The average Bonchev–Trinajstić information content (AvgIpc) is 2.68. The molecule has 0 amide bonds. The van der Waals surface area contributed by atoms with Crippen molar-refractivity contribution in [2.45, 2.75) is 31.7 Å². The van der Waals surface area contributed by atoms with E-state index in [-0.39, 0.29) is 0 Å². The van der Waals surface area contributed by atoms with E-state index >= 15 is 0 Å². The van der Waals surface area contributed by atoms with E-state index in [1.807, 2.05) is 18.5 Å². The average molecular weight is 230 g/mol. The lowest BCUT2D eigenvalue weighted by atomic mass is 10.0. The molecule has 1 atom stereocenters. The molecule has 0 aromatic carbocycles. The van der Waals surface area contributed by atoms with E-state index < -0.39 is 0 Å². The molecule has 17 heavy (non-hydrogen) atoms. The van der Waals surface area contributed by atoms with Crippen molar-refractivity contribution in [1.82, 2.24) is 19.9 Å². The minimum atomic E-state index is 0.590. The zero-order valence-corrected chi connectivity index (χ0v) is 10.2. The maximum atomic E-state index is 4.67. The van der Waals surface area contributed by atoms with Crippen molar-refractivity contribution in [1.29, 1.82) is 0 Å². The van der Waals surface area contributed by atoms with Gasteiger partial charge >= 0.3 is 0 Å². The van der Waals surface area contributed by atoms with Gasteiger partial charge in [-0.1, -0.05) is 6.42 Å². The topological polar surface area (TPSA) is 42.7 Å². The predicted octanol–water partition coefficient (Wildman–Crippen LogP) is 1.65. The zero-order chi connectivity index (χ0) is 11.7. The fraction of sp³-hybridized carbons (Fsp3) is 0.538. The fourth-order valence-corrected chi connectivity index (χ4v) is 2.60. The molecule has 90 valence electrons. The Morgan fingerprint density at radius 1 is 1.47 bits per heavy atom. The molecule has 1 aliphatic heterocycles. The Hall–Kier alpha value is -1.42. The first-order valence-electron chi connectivity index (χ1n) is 6.33. The van der Waals surface area contributed by atoms with Gasteiger partial charge in [0.05, 0.1) is 11.7 Å². The predicted molar refractivity (Wildman–Crippen MR) is 67.9 cm³/mol. The molecule has 2 aromatic rings. The number of aryl methyl sites for hydroxylation is 1. The van der Waals surface area contributed by atoms with Gasteiger partial charge in [-0.15, -0.1) is 0 Å². The van der Waals surface area contributed by atoms with Crippen molar-refractivity contribution in [3.05, 3.63) is 24.3 Å². The number of hydrogen-bond acceptors (Lipinski definition) is 3. The minimum absolute atomic E-state index is 0.590. The smallest absolute Gasteiger partial charge is 0.111 e. The zero-order valence-electron chi connectivity index (χ0n) is 10.2. The maximum absolute atomic E-state index is 4.67. The Morgan fingerprint density at radius 2 is 2.41 bits per heavy atom. The Labute approximate surface area is 101 Å². The molecule has 0 spiro atoms. The second kappa shape index (κ2) is 4.45. The third-order valence-corrected chi connectivity index (χ3v) is 3.62. The van der Waals surface area contributed by atoms with Crippen LogP contribution in [0.3, 0.4) is 0 Å². The van der Waals surface area contributed by atoms with Crippen molar-refractivity contribution in [3.63, 3.8) is 0 Å². The highest BCUT2D eigenvalue weighted by Gasteiger charge is 2.16. The second-order valence-corrected chi connectivity index (χ2v) is 4.80. The van der Waals surface area contributed by atoms with Crippen LogP contribution in [-0.4, -0.2) is 27.1 Å². The highest BCUT2D eigenvalue weighted by atomic mass is 15.1. The van der Waals surface area contributed by atoms with Crippen molar-refractivity contribution >= 4 is 11.0 Å². The lowest BCUT2D eigenvalue weighted by Gasteiger charge is -2.22. The van der Waals surface area contributed by atoms with Crippen molar-refractivity contribution in [3.8, 4) is 0 Å². The van der Waals surface area contributed by atoms with Crippen LogP contribution in [0.25, 0.3) is 11.0 Å². The Bertz CT molecular complexity index is 511. The summed E-state index contributed by atoms with van der Waals surface area (Å²) in [6, 6.07) is 2.62. The van der Waals surface area contributed by atoms with Crippen LogP contribution in [0.1, 0.15) is 25.1 Å². The first-order chi connectivity index (χ1) is 8.34. The lowest BCUT2D eigenvalue weighted by Crippen LogP contribution is -2.36. The van der Waals surface area contributed by atoms with Gasteiger partial charge in [0.2, 0.25) is 0 Å².